The summed E-state index contributed by atoms with van der Waals surface area (Å²) in [6, 6.07) is 3.44. The zero-order valence-corrected chi connectivity index (χ0v) is 11.3. The predicted molar refractivity (Wildman–Crippen MR) is 70.2 cm³/mol. The van der Waals surface area contributed by atoms with Crippen LogP contribution in [0, 0.1) is 0 Å². The van der Waals surface area contributed by atoms with Crippen molar-refractivity contribution >= 4 is 5.91 Å². The lowest BCUT2D eigenvalue weighted by atomic mass is 10.1. The molecule has 1 aliphatic heterocycles. The quantitative estimate of drug-likeness (QED) is 0.808. The zero-order chi connectivity index (χ0) is 13.8. The van der Waals surface area contributed by atoms with E-state index in [4.69, 9.17) is 14.2 Å². The molecule has 1 heterocycles. The van der Waals surface area contributed by atoms with E-state index in [1.54, 1.807) is 12.1 Å². The normalized spacial score (nSPS) is 14.5. The van der Waals surface area contributed by atoms with E-state index in [1.807, 2.05) is 0 Å². The largest absolute Gasteiger partial charge is 0.496 e. The van der Waals surface area contributed by atoms with Crippen LogP contribution in [-0.4, -0.2) is 46.4 Å². The van der Waals surface area contributed by atoms with Crippen LogP contribution in [-0.2, 0) is 0 Å². The molecule has 0 unspecified atom stereocenters. The van der Waals surface area contributed by atoms with Crippen molar-refractivity contribution in [2.24, 2.45) is 0 Å². The third-order valence-electron chi connectivity index (χ3n) is 3.07. The number of rotatable bonds is 5. The van der Waals surface area contributed by atoms with E-state index < -0.39 is 0 Å². The first-order chi connectivity index (χ1) is 9.19. The molecule has 0 bridgehead atoms. The van der Waals surface area contributed by atoms with E-state index in [9.17, 15) is 4.79 Å². The number of hydrogen-bond donors (Lipinski definition) is 2. The third-order valence-corrected chi connectivity index (χ3v) is 3.07. The van der Waals surface area contributed by atoms with Crippen molar-refractivity contribution in [1.82, 2.24) is 10.6 Å². The van der Waals surface area contributed by atoms with Crippen LogP contribution in [0.15, 0.2) is 12.1 Å². The minimum absolute atomic E-state index is 0.172. The second kappa shape index (κ2) is 5.79. The van der Waals surface area contributed by atoms with E-state index in [-0.39, 0.29) is 11.9 Å². The summed E-state index contributed by atoms with van der Waals surface area (Å²) < 4.78 is 15.6. The highest BCUT2D eigenvalue weighted by Crippen LogP contribution is 2.34. The van der Waals surface area contributed by atoms with Crippen molar-refractivity contribution in [3.63, 3.8) is 0 Å². The number of amides is 1. The predicted octanol–water partition coefficient (Wildman–Crippen LogP) is 0.414. The van der Waals surface area contributed by atoms with E-state index in [0.717, 1.165) is 13.1 Å². The molecule has 2 rings (SSSR count). The monoisotopic (exact) mass is 266 g/mol. The number of carbonyl (C=O) groups excluding carboxylic acids is 1. The molecule has 104 valence electrons. The summed E-state index contributed by atoms with van der Waals surface area (Å²) in [6.07, 6.45) is 0. The van der Waals surface area contributed by atoms with Crippen molar-refractivity contribution in [3.8, 4) is 17.2 Å². The minimum atomic E-state index is -0.177. The Balaban J connectivity index is 2.28. The molecule has 1 fully saturated rings. The molecule has 6 nitrogen and oxygen atoms in total. The van der Waals surface area contributed by atoms with Gasteiger partial charge >= 0.3 is 0 Å². The minimum Gasteiger partial charge on any atom is -0.496 e. The van der Waals surface area contributed by atoms with Crippen LogP contribution in [0.1, 0.15) is 10.4 Å². The molecule has 1 aromatic rings. The molecule has 1 amide bonds. The molecule has 0 aromatic heterocycles. The first-order valence-corrected chi connectivity index (χ1v) is 6.01. The van der Waals surface area contributed by atoms with Gasteiger partial charge < -0.3 is 24.8 Å². The number of methoxy groups -OCH3 is 3. The van der Waals surface area contributed by atoms with Crippen LogP contribution in [0.2, 0.25) is 0 Å². The summed E-state index contributed by atoms with van der Waals surface area (Å²) in [5.41, 5.74) is 0.437. The molecular formula is C13H18N2O4. The summed E-state index contributed by atoms with van der Waals surface area (Å²) in [5, 5.41) is 6.02. The van der Waals surface area contributed by atoms with Crippen LogP contribution in [0.25, 0.3) is 0 Å². The fourth-order valence-electron chi connectivity index (χ4n) is 1.86. The van der Waals surface area contributed by atoms with Gasteiger partial charge in [-0.2, -0.15) is 0 Å². The first kappa shape index (κ1) is 13.5. The van der Waals surface area contributed by atoms with Crippen molar-refractivity contribution in [2.45, 2.75) is 6.04 Å². The van der Waals surface area contributed by atoms with Crippen LogP contribution in [0.4, 0.5) is 0 Å². The second-order valence-electron chi connectivity index (χ2n) is 4.24. The van der Waals surface area contributed by atoms with Gasteiger partial charge in [0.1, 0.15) is 5.75 Å². The molecule has 1 aromatic carbocycles. The molecule has 6 heteroatoms. The van der Waals surface area contributed by atoms with Crippen molar-refractivity contribution in [2.75, 3.05) is 34.4 Å². The Bertz CT molecular complexity index is 472. The van der Waals surface area contributed by atoms with Gasteiger partial charge in [0.2, 0.25) is 0 Å². The van der Waals surface area contributed by atoms with Gasteiger partial charge in [-0.05, 0) is 0 Å². The molecule has 19 heavy (non-hydrogen) atoms. The van der Waals surface area contributed by atoms with Gasteiger partial charge in [-0.25, -0.2) is 0 Å². The Kier molecular flexibility index (Phi) is 4.11. The maximum absolute atomic E-state index is 12.2. The number of carbonyl (C=O) groups is 1. The lowest BCUT2D eigenvalue weighted by Crippen LogP contribution is -2.56. The maximum Gasteiger partial charge on any atom is 0.255 e. The van der Waals surface area contributed by atoms with Crippen LogP contribution in [0.5, 0.6) is 17.2 Å². The summed E-state index contributed by atoms with van der Waals surface area (Å²) >= 11 is 0. The van der Waals surface area contributed by atoms with Gasteiger partial charge in [0.05, 0.1) is 32.9 Å². The van der Waals surface area contributed by atoms with E-state index in [0.29, 0.717) is 22.8 Å². The molecule has 0 radical (unpaired) electrons. The number of nitrogens with one attached hydrogen (secondary N) is 2. The van der Waals surface area contributed by atoms with Gasteiger partial charge in [-0.1, -0.05) is 0 Å². The molecule has 0 spiro atoms. The van der Waals surface area contributed by atoms with Crippen LogP contribution >= 0.6 is 0 Å². The lowest BCUT2D eigenvalue weighted by Gasteiger charge is -2.28. The molecular weight excluding hydrogens is 248 g/mol. The van der Waals surface area contributed by atoms with Gasteiger partial charge in [0, 0.05) is 25.2 Å². The average Bonchev–Trinajstić information content (AvgIpc) is 2.40. The summed E-state index contributed by atoms with van der Waals surface area (Å²) in [7, 11) is 4.59. The Morgan fingerprint density at radius 2 is 1.68 bits per heavy atom. The highest BCUT2D eigenvalue weighted by Gasteiger charge is 2.23. The summed E-state index contributed by atoms with van der Waals surface area (Å²) in [6.45, 7) is 1.59. The SMILES string of the molecule is COc1cc(OC)c(C(=O)NC2CNC2)cc1OC. The van der Waals surface area contributed by atoms with Gasteiger partial charge in [0.25, 0.3) is 5.91 Å². The molecule has 1 saturated heterocycles. The first-order valence-electron chi connectivity index (χ1n) is 6.01. The molecule has 0 aliphatic carbocycles. The molecule has 0 atom stereocenters. The zero-order valence-electron chi connectivity index (χ0n) is 11.3. The van der Waals surface area contributed by atoms with E-state index >= 15 is 0 Å². The number of hydrogen-bond acceptors (Lipinski definition) is 5. The Morgan fingerprint density at radius 1 is 1.11 bits per heavy atom. The summed E-state index contributed by atoms with van der Waals surface area (Å²) in [4.78, 5) is 12.2. The van der Waals surface area contributed by atoms with Crippen molar-refractivity contribution in [1.29, 1.82) is 0 Å². The highest BCUT2D eigenvalue weighted by atomic mass is 16.5. The second-order valence-corrected chi connectivity index (χ2v) is 4.24. The standard InChI is InChI=1S/C13H18N2O4/c1-17-10-5-12(19-3)11(18-2)4-9(10)13(16)15-8-6-14-7-8/h4-5,8,14H,6-7H2,1-3H3,(H,15,16). The smallest absolute Gasteiger partial charge is 0.255 e. The third kappa shape index (κ3) is 2.73. The Labute approximate surface area is 112 Å². The fourth-order valence-corrected chi connectivity index (χ4v) is 1.86. The highest BCUT2D eigenvalue weighted by molar-refractivity contribution is 5.98. The molecule has 2 N–H and O–H groups in total. The van der Waals surface area contributed by atoms with Gasteiger partial charge in [-0.15, -0.1) is 0 Å². The van der Waals surface area contributed by atoms with Gasteiger partial charge in [-0.3, -0.25) is 4.79 Å². The molecule has 1 aliphatic rings. The Hall–Kier alpha value is -1.95. The van der Waals surface area contributed by atoms with Crippen LogP contribution in [0.3, 0.4) is 0 Å². The van der Waals surface area contributed by atoms with E-state index in [1.165, 1.54) is 21.3 Å². The Morgan fingerprint density at radius 3 is 2.16 bits per heavy atom. The average molecular weight is 266 g/mol. The van der Waals surface area contributed by atoms with Crippen molar-refractivity contribution < 1.29 is 19.0 Å². The van der Waals surface area contributed by atoms with E-state index in [2.05, 4.69) is 10.6 Å². The maximum atomic E-state index is 12.2. The lowest BCUT2D eigenvalue weighted by molar-refractivity contribution is 0.0920. The van der Waals surface area contributed by atoms with Crippen LogP contribution < -0.4 is 24.8 Å². The summed E-state index contributed by atoms with van der Waals surface area (Å²) in [5.74, 6) is 1.31. The number of benzene rings is 1. The molecule has 0 saturated carbocycles. The topological polar surface area (TPSA) is 68.8 Å². The number of ether oxygens (including phenoxy) is 3. The van der Waals surface area contributed by atoms with Crippen molar-refractivity contribution in [3.05, 3.63) is 17.7 Å². The van der Waals surface area contributed by atoms with Gasteiger partial charge in [0.15, 0.2) is 11.5 Å². The fraction of sp³-hybridized carbons (Fsp3) is 0.462.